The number of carbonyl (C=O) groups is 1. The number of halogens is 3. The van der Waals surface area contributed by atoms with Crippen molar-refractivity contribution < 1.29 is 23.1 Å². The highest BCUT2D eigenvalue weighted by Crippen LogP contribution is 2.33. The van der Waals surface area contributed by atoms with E-state index >= 15 is 0 Å². The Hall–Kier alpha value is -2.38. The van der Waals surface area contributed by atoms with Gasteiger partial charge in [-0.15, -0.1) is 5.10 Å². The summed E-state index contributed by atoms with van der Waals surface area (Å²) in [5.74, 6) is -1.77. The first-order valence-corrected chi connectivity index (χ1v) is 5.70. The van der Waals surface area contributed by atoms with E-state index in [1.165, 1.54) is 6.07 Å². The number of hydrogen-bond donors (Lipinski definition) is 1. The van der Waals surface area contributed by atoms with Crippen molar-refractivity contribution in [3.05, 3.63) is 41.2 Å². The van der Waals surface area contributed by atoms with E-state index in [0.717, 1.165) is 0 Å². The van der Waals surface area contributed by atoms with E-state index in [2.05, 4.69) is 10.3 Å². The highest BCUT2D eigenvalue weighted by molar-refractivity contribution is 5.86. The van der Waals surface area contributed by atoms with Crippen molar-refractivity contribution in [3.8, 4) is 5.69 Å². The summed E-state index contributed by atoms with van der Waals surface area (Å²) < 4.78 is 39.7. The van der Waals surface area contributed by atoms with E-state index in [1.54, 1.807) is 25.1 Å². The van der Waals surface area contributed by atoms with Gasteiger partial charge in [0.05, 0.1) is 5.69 Å². The molecule has 2 aromatic rings. The smallest absolute Gasteiger partial charge is 0.436 e. The molecule has 0 amide bonds. The van der Waals surface area contributed by atoms with Gasteiger partial charge in [0.15, 0.2) is 5.69 Å². The molecule has 106 valence electrons. The van der Waals surface area contributed by atoms with E-state index in [4.69, 9.17) is 5.11 Å². The molecule has 0 radical (unpaired) electrons. The molecule has 0 bridgehead atoms. The number of aromatic carboxylic acids is 1. The lowest BCUT2D eigenvalue weighted by Gasteiger charge is -2.12. The Kier molecular flexibility index (Phi) is 3.47. The van der Waals surface area contributed by atoms with Gasteiger partial charge in [-0.25, -0.2) is 9.48 Å². The van der Waals surface area contributed by atoms with Crippen LogP contribution in [-0.2, 0) is 12.6 Å². The third kappa shape index (κ3) is 2.36. The van der Waals surface area contributed by atoms with Gasteiger partial charge in [-0.2, -0.15) is 13.2 Å². The largest absolute Gasteiger partial charge is 0.476 e. The molecule has 1 aromatic heterocycles. The first kappa shape index (κ1) is 14.0. The molecule has 0 fully saturated rings. The fourth-order valence-corrected chi connectivity index (χ4v) is 1.87. The molecule has 0 saturated heterocycles. The van der Waals surface area contributed by atoms with Crippen LogP contribution in [0.4, 0.5) is 13.2 Å². The summed E-state index contributed by atoms with van der Waals surface area (Å²) in [7, 11) is 0. The molecule has 1 N–H and O–H groups in total. The highest BCUT2D eigenvalue weighted by Gasteiger charge is 2.42. The number of benzene rings is 1. The molecule has 0 spiro atoms. The van der Waals surface area contributed by atoms with Crippen LogP contribution in [0.3, 0.4) is 0 Å². The Morgan fingerprint density at radius 2 is 2.00 bits per heavy atom. The Morgan fingerprint density at radius 1 is 1.35 bits per heavy atom. The molecule has 20 heavy (non-hydrogen) atoms. The minimum absolute atomic E-state index is 0.169. The van der Waals surface area contributed by atoms with E-state index in [9.17, 15) is 18.0 Å². The normalized spacial score (nSPS) is 11.6. The molecular weight excluding hydrogens is 275 g/mol. The summed E-state index contributed by atoms with van der Waals surface area (Å²) in [6.07, 6.45) is -4.38. The summed E-state index contributed by atoms with van der Waals surface area (Å²) in [4.78, 5) is 10.9. The Labute approximate surface area is 111 Å². The van der Waals surface area contributed by atoms with E-state index < -0.39 is 23.5 Å². The third-order valence-corrected chi connectivity index (χ3v) is 2.74. The molecule has 0 atom stereocenters. The average molecular weight is 285 g/mol. The fourth-order valence-electron chi connectivity index (χ4n) is 1.87. The number of carboxylic acid groups (broad SMARTS) is 1. The van der Waals surface area contributed by atoms with E-state index in [0.29, 0.717) is 16.7 Å². The lowest BCUT2D eigenvalue weighted by atomic mass is 10.1. The number of para-hydroxylation sites is 1. The van der Waals surface area contributed by atoms with Crippen molar-refractivity contribution in [3.63, 3.8) is 0 Å². The first-order chi connectivity index (χ1) is 9.36. The van der Waals surface area contributed by atoms with Gasteiger partial charge in [0.25, 0.3) is 0 Å². The zero-order valence-corrected chi connectivity index (χ0v) is 10.3. The Balaban J connectivity index is 2.72. The van der Waals surface area contributed by atoms with Crippen LogP contribution in [-0.4, -0.2) is 26.1 Å². The van der Waals surface area contributed by atoms with Crippen LogP contribution in [0.15, 0.2) is 24.3 Å². The number of carboxylic acids is 1. The van der Waals surface area contributed by atoms with Gasteiger partial charge in [0.1, 0.15) is 0 Å². The van der Waals surface area contributed by atoms with Crippen molar-refractivity contribution in [1.82, 2.24) is 15.0 Å². The van der Waals surface area contributed by atoms with Gasteiger partial charge in [-0.05, 0) is 18.1 Å². The predicted molar refractivity (Wildman–Crippen MR) is 62.7 cm³/mol. The van der Waals surface area contributed by atoms with Crippen LogP contribution in [0.2, 0.25) is 0 Å². The molecule has 0 aliphatic rings. The van der Waals surface area contributed by atoms with Crippen molar-refractivity contribution in [2.24, 2.45) is 0 Å². The van der Waals surface area contributed by atoms with Crippen molar-refractivity contribution >= 4 is 5.97 Å². The van der Waals surface area contributed by atoms with Gasteiger partial charge in [-0.3, -0.25) is 0 Å². The Bertz CT molecular complexity index is 650. The number of alkyl halides is 3. The molecule has 1 heterocycles. The summed E-state index contributed by atoms with van der Waals surface area (Å²) in [5.41, 5.74) is -1.71. The predicted octanol–water partition coefficient (Wildman–Crippen LogP) is 2.55. The lowest BCUT2D eigenvalue weighted by Crippen LogP contribution is -2.18. The summed E-state index contributed by atoms with van der Waals surface area (Å²) in [6.45, 7) is 1.78. The van der Waals surface area contributed by atoms with Crippen LogP contribution >= 0.6 is 0 Å². The third-order valence-electron chi connectivity index (χ3n) is 2.74. The van der Waals surface area contributed by atoms with Crippen LogP contribution in [0.25, 0.3) is 5.69 Å². The molecule has 8 heteroatoms. The second-order valence-corrected chi connectivity index (χ2v) is 3.98. The van der Waals surface area contributed by atoms with E-state index in [1.807, 2.05) is 0 Å². The van der Waals surface area contributed by atoms with Crippen LogP contribution in [0.5, 0.6) is 0 Å². The second kappa shape index (κ2) is 4.95. The number of aryl methyl sites for hydroxylation is 1. The number of aromatic nitrogens is 3. The van der Waals surface area contributed by atoms with Crippen molar-refractivity contribution in [2.75, 3.05) is 0 Å². The number of nitrogens with zero attached hydrogens (tertiary/aromatic N) is 3. The molecule has 5 nitrogen and oxygen atoms in total. The topological polar surface area (TPSA) is 68.0 Å². The molecule has 0 unspecified atom stereocenters. The maximum Gasteiger partial charge on any atom is 0.436 e. The van der Waals surface area contributed by atoms with E-state index in [-0.39, 0.29) is 5.69 Å². The lowest BCUT2D eigenvalue weighted by molar-refractivity contribution is -0.143. The first-order valence-electron chi connectivity index (χ1n) is 5.70. The highest BCUT2D eigenvalue weighted by atomic mass is 19.4. The zero-order chi connectivity index (χ0) is 14.9. The minimum Gasteiger partial charge on any atom is -0.476 e. The molecule has 2 rings (SSSR count). The molecule has 1 aromatic carbocycles. The summed E-state index contributed by atoms with van der Waals surface area (Å²) in [6, 6.07) is 6.33. The van der Waals surface area contributed by atoms with Gasteiger partial charge in [0, 0.05) is 0 Å². The molecule has 0 aliphatic heterocycles. The Morgan fingerprint density at radius 3 is 2.55 bits per heavy atom. The maximum absolute atomic E-state index is 13.1. The number of hydrogen-bond acceptors (Lipinski definition) is 3. The fraction of sp³-hybridized carbons (Fsp3) is 0.250. The van der Waals surface area contributed by atoms with Crippen LogP contribution in [0.1, 0.15) is 28.7 Å². The quantitative estimate of drug-likeness (QED) is 0.941. The second-order valence-electron chi connectivity index (χ2n) is 3.98. The van der Waals surface area contributed by atoms with Gasteiger partial charge >= 0.3 is 12.1 Å². The minimum atomic E-state index is -4.86. The van der Waals surface area contributed by atoms with Crippen molar-refractivity contribution in [1.29, 1.82) is 0 Å². The monoisotopic (exact) mass is 285 g/mol. The maximum atomic E-state index is 13.1. The van der Waals surface area contributed by atoms with Gasteiger partial charge < -0.3 is 5.11 Å². The summed E-state index contributed by atoms with van der Waals surface area (Å²) in [5, 5.41) is 15.3. The standard InChI is InChI=1S/C12H10F3N3O2/c1-2-7-5-3-4-6-8(7)18-10(12(13,14)15)9(11(19)20)16-17-18/h3-6H,2H2,1H3,(H,19,20). The average Bonchev–Trinajstić information content (AvgIpc) is 2.83. The van der Waals surface area contributed by atoms with Gasteiger partial charge in [0.2, 0.25) is 5.69 Å². The zero-order valence-electron chi connectivity index (χ0n) is 10.3. The number of rotatable bonds is 3. The molecule has 0 aliphatic carbocycles. The van der Waals surface area contributed by atoms with Crippen LogP contribution in [0, 0.1) is 0 Å². The molecule has 0 saturated carbocycles. The van der Waals surface area contributed by atoms with Gasteiger partial charge in [-0.1, -0.05) is 30.3 Å². The SMILES string of the molecule is CCc1ccccc1-n1nnc(C(=O)O)c1C(F)(F)F. The van der Waals surface area contributed by atoms with Crippen LogP contribution < -0.4 is 0 Å². The van der Waals surface area contributed by atoms with Crippen molar-refractivity contribution in [2.45, 2.75) is 19.5 Å². The summed E-state index contributed by atoms with van der Waals surface area (Å²) >= 11 is 0. The molecular formula is C12H10F3N3O2.